The second-order valence-corrected chi connectivity index (χ2v) is 7.04. The molecule has 0 aliphatic carbocycles. The quantitative estimate of drug-likeness (QED) is 0.424. The van der Waals surface area contributed by atoms with Gasteiger partial charge in [-0.1, -0.05) is 12.1 Å². The van der Waals surface area contributed by atoms with Crippen LogP contribution in [-0.2, 0) is 5.88 Å². The number of hydrogen-bond acceptors (Lipinski definition) is 6. The zero-order chi connectivity index (χ0) is 21.4. The minimum absolute atomic E-state index is 0.316. The third kappa shape index (κ3) is 3.47. The summed E-state index contributed by atoms with van der Waals surface area (Å²) in [7, 11) is 0. The number of nitrogen functional groups attached to an aromatic ring is 1. The molecule has 5 aromatic rings. The van der Waals surface area contributed by atoms with E-state index >= 15 is 0 Å². The highest BCUT2D eigenvalue weighted by Crippen LogP contribution is 2.31. The number of nitrogens with zero attached hydrogens (tertiary/aromatic N) is 6. The zero-order valence-electron chi connectivity index (χ0n) is 16.1. The first-order valence-electron chi connectivity index (χ1n) is 9.37. The van der Waals surface area contributed by atoms with Crippen LogP contribution >= 0.6 is 11.6 Å². The molecule has 0 unspecified atom stereocenters. The van der Waals surface area contributed by atoms with Gasteiger partial charge in [-0.2, -0.15) is 0 Å². The number of nitrogens with two attached hydrogens (primary N) is 1. The molecule has 0 bridgehead atoms. The average molecular weight is 432 g/mol. The van der Waals surface area contributed by atoms with Crippen LogP contribution < -0.4 is 5.73 Å². The van der Waals surface area contributed by atoms with Gasteiger partial charge in [0.2, 0.25) is 0 Å². The maximum Gasteiger partial charge on any atom is 0.178 e. The van der Waals surface area contributed by atoms with E-state index in [1.54, 1.807) is 18.3 Å². The number of rotatable bonds is 4. The van der Waals surface area contributed by atoms with Gasteiger partial charge in [0.25, 0.3) is 0 Å². The Kier molecular flexibility index (Phi) is 4.76. The summed E-state index contributed by atoms with van der Waals surface area (Å²) in [6, 6.07) is 15.0. The van der Waals surface area contributed by atoms with Crippen LogP contribution in [0.2, 0.25) is 0 Å². The molecule has 5 rings (SSSR count). The van der Waals surface area contributed by atoms with Crippen LogP contribution in [0.5, 0.6) is 0 Å². The molecule has 4 heterocycles. The van der Waals surface area contributed by atoms with E-state index in [1.807, 2.05) is 41.0 Å². The van der Waals surface area contributed by atoms with E-state index in [9.17, 15) is 4.39 Å². The highest BCUT2D eigenvalue weighted by atomic mass is 35.5. The molecule has 0 amide bonds. The summed E-state index contributed by atoms with van der Waals surface area (Å²) in [4.78, 5) is 21.8. The van der Waals surface area contributed by atoms with Crippen LogP contribution in [0.3, 0.4) is 0 Å². The molecule has 0 radical (unpaired) electrons. The molecule has 31 heavy (non-hydrogen) atoms. The number of anilines is 1. The Hall–Kier alpha value is -3.91. The molecular formula is C22H15ClFN7. The molecule has 1 aromatic carbocycles. The Morgan fingerprint density at radius 2 is 1.71 bits per heavy atom. The van der Waals surface area contributed by atoms with Crippen LogP contribution in [0.1, 0.15) is 5.56 Å². The van der Waals surface area contributed by atoms with Gasteiger partial charge in [0.1, 0.15) is 17.0 Å². The highest BCUT2D eigenvalue weighted by Gasteiger charge is 2.19. The number of aromatic nitrogens is 6. The van der Waals surface area contributed by atoms with Gasteiger partial charge in [-0.05, 0) is 42.0 Å². The molecule has 0 aliphatic heterocycles. The van der Waals surface area contributed by atoms with Crippen molar-refractivity contribution in [3.8, 4) is 28.6 Å². The standard InChI is InChI=1S/C22H15ClFN7/c23-10-13-3-5-15(6-4-13)31-21(16-2-1-9-26-19(16)25)30-18-8-7-17(29-22(18)31)20-27-11-14(24)12-28-20/h1-9,11-12H,10H2,(H2,25,26). The van der Waals surface area contributed by atoms with Crippen molar-refractivity contribution in [2.45, 2.75) is 5.88 Å². The summed E-state index contributed by atoms with van der Waals surface area (Å²) in [5, 5.41) is 0. The Balaban J connectivity index is 1.77. The molecule has 0 saturated carbocycles. The van der Waals surface area contributed by atoms with E-state index in [-0.39, 0.29) is 0 Å². The van der Waals surface area contributed by atoms with Crippen molar-refractivity contribution in [1.29, 1.82) is 0 Å². The van der Waals surface area contributed by atoms with E-state index in [0.29, 0.717) is 45.8 Å². The molecular weight excluding hydrogens is 417 g/mol. The maximum atomic E-state index is 13.2. The zero-order valence-corrected chi connectivity index (χ0v) is 16.8. The third-order valence-corrected chi connectivity index (χ3v) is 5.09. The lowest BCUT2D eigenvalue weighted by Crippen LogP contribution is -2.02. The predicted octanol–water partition coefficient (Wildman–Crippen LogP) is 4.40. The smallest absolute Gasteiger partial charge is 0.178 e. The Labute approximate surface area is 181 Å². The number of benzene rings is 1. The van der Waals surface area contributed by atoms with Crippen molar-refractivity contribution < 1.29 is 4.39 Å². The molecule has 0 saturated heterocycles. The van der Waals surface area contributed by atoms with Crippen molar-refractivity contribution >= 4 is 28.6 Å². The Morgan fingerprint density at radius 3 is 2.42 bits per heavy atom. The van der Waals surface area contributed by atoms with Gasteiger partial charge in [-0.15, -0.1) is 11.6 Å². The number of alkyl halides is 1. The number of pyridine rings is 2. The summed E-state index contributed by atoms with van der Waals surface area (Å²) < 4.78 is 15.1. The lowest BCUT2D eigenvalue weighted by molar-refractivity contribution is 0.614. The number of halogens is 2. The van der Waals surface area contributed by atoms with Crippen molar-refractivity contribution in [1.82, 2.24) is 29.5 Å². The molecule has 2 N–H and O–H groups in total. The van der Waals surface area contributed by atoms with E-state index in [0.717, 1.165) is 23.6 Å². The highest BCUT2D eigenvalue weighted by molar-refractivity contribution is 6.17. The largest absolute Gasteiger partial charge is 0.383 e. The topological polar surface area (TPSA) is 95.4 Å². The molecule has 0 atom stereocenters. The van der Waals surface area contributed by atoms with E-state index in [1.165, 1.54) is 0 Å². The van der Waals surface area contributed by atoms with Gasteiger partial charge >= 0.3 is 0 Å². The minimum atomic E-state index is -0.511. The fraction of sp³-hybridized carbons (Fsp3) is 0.0455. The molecule has 0 fully saturated rings. The first-order chi connectivity index (χ1) is 15.1. The molecule has 9 heteroatoms. The first kappa shape index (κ1) is 19.1. The SMILES string of the molecule is Nc1ncccc1-c1nc2ccc(-c3ncc(F)cn3)nc2n1-c1ccc(CCl)cc1. The first-order valence-corrected chi connectivity index (χ1v) is 9.91. The summed E-state index contributed by atoms with van der Waals surface area (Å²) >= 11 is 5.95. The van der Waals surface area contributed by atoms with Crippen LogP contribution in [0.4, 0.5) is 10.2 Å². The summed E-state index contributed by atoms with van der Waals surface area (Å²) in [5.74, 6) is 1.18. The molecule has 152 valence electrons. The number of fused-ring (bicyclic) bond motifs is 1. The second kappa shape index (κ2) is 7.73. The fourth-order valence-corrected chi connectivity index (χ4v) is 3.47. The van der Waals surface area contributed by atoms with Gasteiger partial charge < -0.3 is 5.73 Å². The van der Waals surface area contributed by atoms with Gasteiger partial charge in [0.15, 0.2) is 23.1 Å². The van der Waals surface area contributed by atoms with Crippen molar-refractivity contribution in [3.05, 3.63) is 78.5 Å². The van der Waals surface area contributed by atoms with E-state index in [4.69, 9.17) is 27.3 Å². The monoisotopic (exact) mass is 431 g/mol. The summed E-state index contributed by atoms with van der Waals surface area (Å²) in [5.41, 5.74) is 10.4. The lowest BCUT2D eigenvalue weighted by atomic mass is 10.2. The van der Waals surface area contributed by atoms with Crippen molar-refractivity contribution in [3.63, 3.8) is 0 Å². The third-order valence-electron chi connectivity index (χ3n) is 4.78. The molecule has 0 spiro atoms. The van der Waals surface area contributed by atoms with Crippen LogP contribution in [0.25, 0.3) is 39.8 Å². The van der Waals surface area contributed by atoms with Gasteiger partial charge in [-0.25, -0.2) is 29.3 Å². The fourth-order valence-electron chi connectivity index (χ4n) is 3.29. The Bertz CT molecular complexity index is 1380. The molecule has 4 aromatic heterocycles. The van der Waals surface area contributed by atoms with E-state index < -0.39 is 5.82 Å². The Morgan fingerprint density at radius 1 is 0.935 bits per heavy atom. The van der Waals surface area contributed by atoms with Gasteiger partial charge in [0, 0.05) is 17.8 Å². The van der Waals surface area contributed by atoms with Crippen molar-refractivity contribution in [2.24, 2.45) is 0 Å². The predicted molar refractivity (Wildman–Crippen MR) is 117 cm³/mol. The average Bonchev–Trinajstić information content (AvgIpc) is 3.18. The number of imidazole rings is 1. The molecule has 0 aliphatic rings. The van der Waals surface area contributed by atoms with Gasteiger partial charge in [0.05, 0.1) is 18.0 Å². The minimum Gasteiger partial charge on any atom is -0.383 e. The van der Waals surface area contributed by atoms with E-state index in [2.05, 4.69) is 15.0 Å². The molecule has 7 nitrogen and oxygen atoms in total. The normalized spacial score (nSPS) is 11.2. The lowest BCUT2D eigenvalue weighted by Gasteiger charge is -2.11. The van der Waals surface area contributed by atoms with Crippen LogP contribution in [0.15, 0.2) is 67.1 Å². The second-order valence-electron chi connectivity index (χ2n) is 6.77. The van der Waals surface area contributed by atoms with Crippen LogP contribution in [-0.4, -0.2) is 29.5 Å². The summed E-state index contributed by atoms with van der Waals surface area (Å²) in [6.07, 6.45) is 3.85. The van der Waals surface area contributed by atoms with Crippen molar-refractivity contribution in [2.75, 3.05) is 5.73 Å². The number of hydrogen-bond donors (Lipinski definition) is 1. The summed E-state index contributed by atoms with van der Waals surface area (Å²) in [6.45, 7) is 0. The van der Waals surface area contributed by atoms with Gasteiger partial charge in [-0.3, -0.25) is 4.57 Å². The maximum absolute atomic E-state index is 13.2. The van der Waals surface area contributed by atoms with Crippen LogP contribution in [0, 0.1) is 5.82 Å².